The Kier molecular flexibility index (Phi) is 6.74. The summed E-state index contributed by atoms with van der Waals surface area (Å²) >= 11 is 1.74. The Morgan fingerprint density at radius 2 is 1.94 bits per heavy atom. The highest BCUT2D eigenvalue weighted by Gasteiger charge is 2.31. The Morgan fingerprint density at radius 3 is 2.67 bits per heavy atom. The molecule has 10 heteroatoms. The highest BCUT2D eigenvalue weighted by Crippen LogP contribution is 2.40. The molecular weight excluding hydrogens is 472 g/mol. The van der Waals surface area contributed by atoms with Gasteiger partial charge in [0.25, 0.3) is 0 Å². The molecule has 1 N–H and O–H groups in total. The number of fused-ring (bicyclic) bond motifs is 1. The summed E-state index contributed by atoms with van der Waals surface area (Å²) < 4.78 is 7.31. The third-order valence-corrected chi connectivity index (χ3v) is 7.97. The second-order valence-corrected chi connectivity index (χ2v) is 11.6. The Morgan fingerprint density at radius 1 is 1.14 bits per heavy atom. The number of rotatable bonds is 7. The number of ether oxygens (including phenoxy) is 1. The Labute approximate surface area is 216 Å². The molecule has 5 rings (SSSR count). The van der Waals surface area contributed by atoms with Crippen molar-refractivity contribution < 1.29 is 4.74 Å². The molecule has 0 spiro atoms. The van der Waals surface area contributed by atoms with Gasteiger partial charge in [-0.25, -0.2) is 14.5 Å². The fourth-order valence-electron chi connectivity index (χ4n) is 5.21. The van der Waals surface area contributed by atoms with Crippen LogP contribution in [0.25, 0.3) is 27.6 Å². The molecule has 0 aromatic carbocycles. The fraction of sp³-hybridized carbons (Fsp3) is 0.538. The SMILES string of the molecule is COc1cc(-c2n[nH]c(-c3ncc(N4C[C@H](C)N(CC(C)C)C[C@H]4C)s3)c2C(C)C)cn2ncnc12. The second kappa shape index (κ2) is 9.82. The predicted molar refractivity (Wildman–Crippen MR) is 145 cm³/mol. The van der Waals surface area contributed by atoms with E-state index in [9.17, 15) is 0 Å². The number of methoxy groups -OCH3 is 1. The molecule has 0 bridgehead atoms. The van der Waals surface area contributed by atoms with E-state index >= 15 is 0 Å². The second-order valence-electron chi connectivity index (χ2n) is 10.5. The van der Waals surface area contributed by atoms with E-state index in [0.717, 1.165) is 47.2 Å². The normalized spacial score (nSPS) is 19.2. The fourth-order valence-corrected chi connectivity index (χ4v) is 6.25. The highest BCUT2D eigenvalue weighted by molar-refractivity contribution is 7.18. The first-order valence-electron chi connectivity index (χ1n) is 12.7. The van der Waals surface area contributed by atoms with E-state index in [2.05, 4.69) is 66.5 Å². The van der Waals surface area contributed by atoms with Crippen LogP contribution in [0.5, 0.6) is 5.75 Å². The summed E-state index contributed by atoms with van der Waals surface area (Å²) in [5.41, 5.74) is 4.62. The molecule has 0 aliphatic carbocycles. The number of aromatic nitrogens is 6. The Balaban J connectivity index is 1.47. The molecule has 0 amide bonds. The molecule has 0 radical (unpaired) electrons. The lowest BCUT2D eigenvalue weighted by Gasteiger charge is -2.45. The number of nitrogens with one attached hydrogen (secondary N) is 1. The van der Waals surface area contributed by atoms with Gasteiger partial charge in [0.15, 0.2) is 11.4 Å². The Bertz CT molecular complexity index is 1340. The van der Waals surface area contributed by atoms with Crippen LogP contribution < -0.4 is 9.64 Å². The number of aromatic amines is 1. The lowest BCUT2D eigenvalue weighted by molar-refractivity contribution is 0.149. The van der Waals surface area contributed by atoms with Crippen molar-refractivity contribution in [2.45, 2.75) is 59.5 Å². The average molecular weight is 509 g/mol. The van der Waals surface area contributed by atoms with Gasteiger partial charge < -0.3 is 9.64 Å². The van der Waals surface area contributed by atoms with Crippen molar-refractivity contribution in [2.75, 3.05) is 31.6 Å². The molecule has 0 saturated carbocycles. The first-order chi connectivity index (χ1) is 17.3. The molecule has 9 nitrogen and oxygen atoms in total. The zero-order valence-electron chi connectivity index (χ0n) is 22.2. The quantitative estimate of drug-likeness (QED) is 0.379. The number of hydrogen-bond donors (Lipinski definition) is 1. The summed E-state index contributed by atoms with van der Waals surface area (Å²) in [4.78, 5) is 14.3. The number of hydrogen-bond acceptors (Lipinski definition) is 8. The minimum absolute atomic E-state index is 0.247. The van der Waals surface area contributed by atoms with Gasteiger partial charge in [0.1, 0.15) is 16.3 Å². The summed E-state index contributed by atoms with van der Waals surface area (Å²) in [5, 5.41) is 14.5. The topological polar surface area (TPSA) is 87.5 Å². The molecule has 2 atom stereocenters. The van der Waals surface area contributed by atoms with E-state index in [-0.39, 0.29) is 5.92 Å². The number of pyridine rings is 1. The van der Waals surface area contributed by atoms with Gasteiger partial charge in [-0.3, -0.25) is 10.00 Å². The van der Waals surface area contributed by atoms with Crippen molar-refractivity contribution in [1.29, 1.82) is 0 Å². The van der Waals surface area contributed by atoms with E-state index in [1.165, 1.54) is 11.3 Å². The monoisotopic (exact) mass is 508 g/mol. The lowest BCUT2D eigenvalue weighted by Crippen LogP contribution is -2.57. The molecule has 1 saturated heterocycles. The number of thiazole rings is 1. The third kappa shape index (κ3) is 4.48. The zero-order chi connectivity index (χ0) is 25.6. The van der Waals surface area contributed by atoms with Crippen LogP contribution in [0, 0.1) is 5.92 Å². The van der Waals surface area contributed by atoms with Crippen LogP contribution in [-0.4, -0.2) is 73.5 Å². The van der Waals surface area contributed by atoms with E-state index in [1.807, 2.05) is 18.5 Å². The van der Waals surface area contributed by atoms with Gasteiger partial charge in [-0.05, 0) is 31.7 Å². The summed E-state index contributed by atoms with van der Waals surface area (Å²) in [7, 11) is 1.65. The van der Waals surface area contributed by atoms with Crippen LogP contribution in [-0.2, 0) is 0 Å². The van der Waals surface area contributed by atoms with Crippen LogP contribution in [0.2, 0.25) is 0 Å². The predicted octanol–water partition coefficient (Wildman–Crippen LogP) is 4.93. The van der Waals surface area contributed by atoms with E-state index in [4.69, 9.17) is 14.8 Å². The average Bonchev–Trinajstić information content (AvgIpc) is 3.58. The van der Waals surface area contributed by atoms with Crippen molar-refractivity contribution in [1.82, 2.24) is 34.7 Å². The summed E-state index contributed by atoms with van der Waals surface area (Å²) in [5.74, 6) is 1.59. The van der Waals surface area contributed by atoms with Crippen molar-refractivity contribution in [3.05, 3.63) is 30.4 Å². The number of nitrogens with zero attached hydrogens (tertiary/aromatic N) is 7. The molecule has 0 unspecified atom stereocenters. The first-order valence-corrected chi connectivity index (χ1v) is 13.5. The van der Waals surface area contributed by atoms with Crippen LogP contribution in [0.1, 0.15) is 53.0 Å². The minimum atomic E-state index is 0.247. The maximum absolute atomic E-state index is 5.58. The van der Waals surface area contributed by atoms with E-state index < -0.39 is 0 Å². The third-order valence-electron chi connectivity index (χ3n) is 6.92. The highest BCUT2D eigenvalue weighted by atomic mass is 32.1. The van der Waals surface area contributed by atoms with Gasteiger partial charge in [0.05, 0.1) is 24.7 Å². The lowest BCUT2D eigenvalue weighted by atomic mass is 9.97. The molecular formula is C26H36N8OS. The molecule has 192 valence electrons. The van der Waals surface area contributed by atoms with Crippen molar-refractivity contribution in [2.24, 2.45) is 5.92 Å². The van der Waals surface area contributed by atoms with Gasteiger partial charge in [0, 0.05) is 49.0 Å². The smallest absolute Gasteiger partial charge is 0.197 e. The number of piperazine rings is 1. The largest absolute Gasteiger partial charge is 0.493 e. The molecule has 4 aromatic heterocycles. The van der Waals surface area contributed by atoms with Crippen molar-refractivity contribution in [3.63, 3.8) is 0 Å². The molecule has 4 aromatic rings. The molecule has 1 aliphatic rings. The standard InChI is InChI=1S/C26H36N8OS/c1-15(2)10-32-11-18(6)33(12-17(32)5)21-9-27-26(36-21)24-22(16(3)4)23(30-31-24)19-8-20(35-7)25-28-14-29-34(25)13-19/h8-9,13-18H,10-12H2,1-7H3,(H,30,31)/t17-,18+/m0/s1. The summed E-state index contributed by atoms with van der Waals surface area (Å²) in [6.45, 7) is 16.9. The van der Waals surface area contributed by atoms with E-state index in [1.54, 1.807) is 23.0 Å². The van der Waals surface area contributed by atoms with Crippen LogP contribution in [0.15, 0.2) is 24.8 Å². The van der Waals surface area contributed by atoms with Gasteiger partial charge >= 0.3 is 0 Å². The Hall–Kier alpha value is -2.98. The maximum Gasteiger partial charge on any atom is 0.197 e. The summed E-state index contributed by atoms with van der Waals surface area (Å²) in [6, 6.07) is 2.93. The molecule has 1 aliphatic heterocycles. The van der Waals surface area contributed by atoms with Crippen molar-refractivity contribution >= 4 is 22.0 Å². The van der Waals surface area contributed by atoms with Crippen molar-refractivity contribution in [3.8, 4) is 27.7 Å². The van der Waals surface area contributed by atoms with Gasteiger partial charge in [-0.1, -0.05) is 39.0 Å². The van der Waals surface area contributed by atoms with Crippen LogP contribution in [0.3, 0.4) is 0 Å². The van der Waals surface area contributed by atoms with Gasteiger partial charge in [-0.2, -0.15) is 10.2 Å². The number of H-pyrrole nitrogens is 1. The van der Waals surface area contributed by atoms with Crippen LogP contribution >= 0.6 is 11.3 Å². The summed E-state index contributed by atoms with van der Waals surface area (Å²) in [6.07, 6.45) is 5.50. The maximum atomic E-state index is 5.58. The number of anilines is 1. The zero-order valence-corrected chi connectivity index (χ0v) is 23.0. The molecule has 1 fully saturated rings. The van der Waals surface area contributed by atoms with Gasteiger partial charge in [0.2, 0.25) is 0 Å². The van der Waals surface area contributed by atoms with Crippen LogP contribution in [0.4, 0.5) is 5.00 Å². The molecule has 36 heavy (non-hydrogen) atoms. The first kappa shape index (κ1) is 24.7. The minimum Gasteiger partial charge on any atom is -0.493 e. The van der Waals surface area contributed by atoms with Gasteiger partial charge in [-0.15, -0.1) is 0 Å². The van der Waals surface area contributed by atoms with E-state index in [0.29, 0.717) is 29.4 Å². The molecule has 5 heterocycles.